The number of hydrogen-bond acceptors (Lipinski definition) is 1. The summed E-state index contributed by atoms with van der Waals surface area (Å²) in [7, 11) is 2.19. The Morgan fingerprint density at radius 1 is 0.958 bits per heavy atom. The van der Waals surface area contributed by atoms with Gasteiger partial charge in [0.1, 0.15) is 0 Å². The molecule has 2 atom stereocenters. The first-order valence-electron chi connectivity index (χ1n) is 9.12. The second-order valence-corrected chi connectivity index (χ2v) is 9.06. The lowest BCUT2D eigenvalue weighted by molar-refractivity contribution is 0.0651. The minimum atomic E-state index is -0.00831. The van der Waals surface area contributed by atoms with Crippen molar-refractivity contribution < 1.29 is 0 Å². The molecule has 2 aliphatic heterocycles. The molecule has 24 heavy (non-hydrogen) atoms. The van der Waals surface area contributed by atoms with Gasteiger partial charge in [0.25, 0.3) is 0 Å². The van der Waals surface area contributed by atoms with E-state index in [9.17, 15) is 0 Å². The van der Waals surface area contributed by atoms with E-state index in [1.807, 2.05) is 0 Å². The Morgan fingerprint density at radius 3 is 2.29 bits per heavy atom. The van der Waals surface area contributed by atoms with Crippen LogP contribution in [0.5, 0.6) is 0 Å². The van der Waals surface area contributed by atoms with Gasteiger partial charge in [0, 0.05) is 35.6 Å². The number of hydrogen-bond donors (Lipinski definition) is 0. The highest BCUT2D eigenvalue weighted by Gasteiger charge is 2.64. The third kappa shape index (κ3) is 1.41. The molecule has 0 N–H and O–H groups in total. The summed E-state index contributed by atoms with van der Waals surface area (Å²) in [6, 6.07) is 9.58. The standard InChI is InChI=1S/C22H30N2/c1-14-10-9-11-16-18(14)24-15(2)19-17(12-13-23(19)8)22(24,7)21(5,6)20(16,3)4/h9-13,15H,1-8H3/t15-,22?/m0/s1. The smallest absolute Gasteiger partial charge is 0.0710 e. The Morgan fingerprint density at radius 2 is 1.62 bits per heavy atom. The van der Waals surface area contributed by atoms with Crippen molar-refractivity contribution in [1.29, 1.82) is 0 Å². The van der Waals surface area contributed by atoms with Crippen molar-refractivity contribution in [3.05, 3.63) is 52.8 Å². The summed E-state index contributed by atoms with van der Waals surface area (Å²) in [5.41, 5.74) is 7.49. The van der Waals surface area contributed by atoms with Crippen LogP contribution < -0.4 is 4.90 Å². The molecule has 2 heteroatoms. The van der Waals surface area contributed by atoms with Crippen LogP contribution in [0.3, 0.4) is 0 Å². The molecule has 0 spiro atoms. The van der Waals surface area contributed by atoms with Gasteiger partial charge in [-0.3, -0.25) is 0 Å². The summed E-state index contributed by atoms with van der Waals surface area (Å²) in [4.78, 5) is 2.72. The summed E-state index contributed by atoms with van der Waals surface area (Å²) >= 11 is 0. The largest absolute Gasteiger partial charge is 0.353 e. The van der Waals surface area contributed by atoms with Gasteiger partial charge in [-0.1, -0.05) is 45.9 Å². The van der Waals surface area contributed by atoms with E-state index in [1.54, 1.807) is 0 Å². The molecule has 0 amide bonds. The Bertz CT molecular complexity index is 840. The van der Waals surface area contributed by atoms with Crippen molar-refractivity contribution in [3.8, 4) is 0 Å². The first-order valence-corrected chi connectivity index (χ1v) is 9.12. The maximum atomic E-state index is 2.72. The Hall–Kier alpha value is -1.70. The number of rotatable bonds is 0. The molecular formula is C22H30N2. The minimum absolute atomic E-state index is 0.00831. The van der Waals surface area contributed by atoms with Gasteiger partial charge in [-0.15, -0.1) is 0 Å². The average Bonchev–Trinajstić information content (AvgIpc) is 2.98. The van der Waals surface area contributed by atoms with Crippen LogP contribution in [-0.4, -0.2) is 4.57 Å². The van der Waals surface area contributed by atoms with Gasteiger partial charge in [-0.2, -0.15) is 0 Å². The number of fused-ring (bicyclic) bond motifs is 5. The number of anilines is 1. The number of nitrogens with zero attached hydrogens (tertiary/aromatic N) is 2. The van der Waals surface area contributed by atoms with E-state index < -0.39 is 0 Å². The molecule has 0 aliphatic carbocycles. The molecule has 128 valence electrons. The molecule has 3 heterocycles. The number of benzene rings is 1. The maximum Gasteiger partial charge on any atom is 0.0710 e. The predicted molar refractivity (Wildman–Crippen MR) is 102 cm³/mol. The van der Waals surface area contributed by atoms with Gasteiger partial charge in [0.05, 0.1) is 11.6 Å². The van der Waals surface area contributed by atoms with Gasteiger partial charge in [0.15, 0.2) is 0 Å². The van der Waals surface area contributed by atoms with Crippen LogP contribution in [0.1, 0.15) is 70.0 Å². The van der Waals surface area contributed by atoms with E-state index in [2.05, 4.69) is 95.4 Å². The fraction of sp³-hybridized carbons (Fsp3) is 0.545. The summed E-state index contributed by atoms with van der Waals surface area (Å²) in [6.07, 6.45) is 2.24. The molecule has 0 saturated carbocycles. The zero-order valence-electron chi connectivity index (χ0n) is 16.4. The Balaban J connectivity index is 2.15. The van der Waals surface area contributed by atoms with Crippen LogP contribution in [0.2, 0.25) is 0 Å². The van der Waals surface area contributed by atoms with Crippen LogP contribution in [0, 0.1) is 12.3 Å². The molecule has 2 nitrogen and oxygen atoms in total. The molecule has 0 bridgehead atoms. The third-order valence-electron chi connectivity index (χ3n) is 7.84. The van der Waals surface area contributed by atoms with Crippen LogP contribution in [0.15, 0.2) is 30.5 Å². The predicted octanol–water partition coefficient (Wildman–Crippen LogP) is 5.45. The van der Waals surface area contributed by atoms with Crippen molar-refractivity contribution in [2.24, 2.45) is 12.5 Å². The second kappa shape index (κ2) is 4.28. The van der Waals surface area contributed by atoms with Crippen LogP contribution >= 0.6 is 0 Å². The normalized spacial score (nSPS) is 29.2. The first-order chi connectivity index (χ1) is 11.1. The highest BCUT2D eigenvalue weighted by atomic mass is 15.3. The average molecular weight is 322 g/mol. The van der Waals surface area contributed by atoms with Gasteiger partial charge in [-0.25, -0.2) is 0 Å². The molecule has 1 unspecified atom stereocenters. The zero-order chi connectivity index (χ0) is 17.7. The quantitative estimate of drug-likeness (QED) is 0.626. The summed E-state index contributed by atoms with van der Waals surface area (Å²) < 4.78 is 2.32. The third-order valence-corrected chi connectivity index (χ3v) is 7.84. The summed E-state index contributed by atoms with van der Waals surface area (Å²) in [5.74, 6) is 0. The van der Waals surface area contributed by atoms with E-state index in [-0.39, 0.29) is 16.4 Å². The van der Waals surface area contributed by atoms with E-state index in [1.165, 1.54) is 28.1 Å². The lowest BCUT2D eigenvalue weighted by Crippen LogP contribution is -2.62. The monoisotopic (exact) mass is 322 g/mol. The molecule has 0 saturated heterocycles. The fourth-order valence-corrected chi connectivity index (χ4v) is 5.60. The minimum Gasteiger partial charge on any atom is -0.353 e. The molecule has 1 aromatic carbocycles. The molecule has 1 aromatic heterocycles. The number of aryl methyl sites for hydroxylation is 2. The van der Waals surface area contributed by atoms with E-state index in [0.29, 0.717) is 6.04 Å². The van der Waals surface area contributed by atoms with E-state index >= 15 is 0 Å². The number of aromatic nitrogens is 1. The molecule has 4 rings (SSSR count). The summed E-state index contributed by atoms with van der Waals surface area (Å²) in [6.45, 7) is 16.9. The molecule has 2 aliphatic rings. The van der Waals surface area contributed by atoms with Crippen molar-refractivity contribution in [2.45, 2.75) is 65.5 Å². The van der Waals surface area contributed by atoms with Crippen molar-refractivity contribution in [2.75, 3.05) is 4.90 Å². The lowest BCUT2D eigenvalue weighted by atomic mass is 9.51. The zero-order valence-corrected chi connectivity index (χ0v) is 16.4. The molecule has 0 radical (unpaired) electrons. The van der Waals surface area contributed by atoms with Gasteiger partial charge in [0.2, 0.25) is 0 Å². The van der Waals surface area contributed by atoms with Crippen molar-refractivity contribution in [1.82, 2.24) is 4.57 Å². The van der Waals surface area contributed by atoms with Crippen LogP contribution in [0.4, 0.5) is 5.69 Å². The fourth-order valence-electron chi connectivity index (χ4n) is 5.60. The van der Waals surface area contributed by atoms with Gasteiger partial charge in [-0.05, 0) is 43.4 Å². The molecule has 2 aromatic rings. The van der Waals surface area contributed by atoms with Gasteiger partial charge >= 0.3 is 0 Å². The lowest BCUT2D eigenvalue weighted by Gasteiger charge is -2.62. The van der Waals surface area contributed by atoms with Crippen LogP contribution in [-0.2, 0) is 18.0 Å². The second-order valence-electron chi connectivity index (χ2n) is 9.06. The topological polar surface area (TPSA) is 8.17 Å². The first kappa shape index (κ1) is 15.8. The highest BCUT2D eigenvalue weighted by molar-refractivity contribution is 5.72. The molecular weight excluding hydrogens is 292 g/mol. The van der Waals surface area contributed by atoms with Crippen molar-refractivity contribution in [3.63, 3.8) is 0 Å². The SMILES string of the molecule is Cc1cccc2c1N1[C@@H](C)c3c(ccn3C)C1(C)C(C)(C)C2(C)C. The van der Waals surface area contributed by atoms with E-state index in [4.69, 9.17) is 0 Å². The summed E-state index contributed by atoms with van der Waals surface area (Å²) in [5, 5.41) is 0. The maximum absolute atomic E-state index is 2.72. The highest BCUT2D eigenvalue weighted by Crippen LogP contribution is 2.67. The number of para-hydroxylation sites is 1. The Labute approximate surface area is 146 Å². The van der Waals surface area contributed by atoms with E-state index in [0.717, 1.165) is 0 Å². The Kier molecular flexibility index (Phi) is 2.82. The van der Waals surface area contributed by atoms with Crippen molar-refractivity contribution >= 4 is 5.69 Å². The van der Waals surface area contributed by atoms with Crippen LogP contribution in [0.25, 0.3) is 0 Å². The molecule has 0 fully saturated rings. The van der Waals surface area contributed by atoms with Gasteiger partial charge < -0.3 is 9.47 Å².